The number of anilines is 2. The number of hydrogen-bond acceptors (Lipinski definition) is 6. The second-order valence-electron chi connectivity index (χ2n) is 4.65. The number of nitrogen functional groups attached to an aromatic ring is 1. The molecule has 0 saturated carbocycles. The highest BCUT2D eigenvalue weighted by Gasteiger charge is 2.29. The van der Waals surface area contributed by atoms with E-state index in [0.29, 0.717) is 0 Å². The molecule has 0 radical (unpaired) electrons. The Morgan fingerprint density at radius 3 is 3.05 bits per heavy atom. The third-order valence-corrected chi connectivity index (χ3v) is 4.23. The molecule has 19 heavy (non-hydrogen) atoms. The number of hydrogen-bond donors (Lipinski definition) is 2. The number of piperidine rings is 1. The van der Waals surface area contributed by atoms with Crippen molar-refractivity contribution in [2.75, 3.05) is 17.2 Å². The molecular weight excluding hydrogens is 262 g/mol. The van der Waals surface area contributed by atoms with Crippen LogP contribution < -0.4 is 16.4 Å². The first kappa shape index (κ1) is 12.2. The molecule has 1 saturated heterocycles. The lowest BCUT2D eigenvalue weighted by Gasteiger charge is -2.34. The van der Waals surface area contributed by atoms with Crippen LogP contribution in [0.1, 0.15) is 19.3 Å². The van der Waals surface area contributed by atoms with Gasteiger partial charge in [0.2, 0.25) is 11.9 Å². The molecule has 0 spiro atoms. The van der Waals surface area contributed by atoms with E-state index < -0.39 is 0 Å². The Morgan fingerprint density at radius 1 is 1.42 bits per heavy atom. The summed E-state index contributed by atoms with van der Waals surface area (Å²) < 4.78 is 0. The van der Waals surface area contributed by atoms with Crippen LogP contribution in [0.25, 0.3) is 10.2 Å². The highest BCUT2D eigenvalue weighted by atomic mass is 32.1. The summed E-state index contributed by atoms with van der Waals surface area (Å²) in [5.74, 6) is 0.659. The quantitative estimate of drug-likeness (QED) is 0.857. The highest BCUT2D eigenvalue weighted by molar-refractivity contribution is 7.16. The van der Waals surface area contributed by atoms with Crippen LogP contribution >= 0.6 is 11.3 Å². The molecule has 6 nitrogen and oxygen atoms in total. The third kappa shape index (κ3) is 2.10. The number of nitrogens with zero attached hydrogens (tertiary/aromatic N) is 3. The number of nitrogens with two attached hydrogens (primary N) is 2. The minimum absolute atomic E-state index is 0.235. The summed E-state index contributed by atoms with van der Waals surface area (Å²) in [4.78, 5) is 22.9. The monoisotopic (exact) mass is 277 g/mol. The molecule has 100 valence electrons. The summed E-state index contributed by atoms with van der Waals surface area (Å²) in [6.45, 7) is 0.773. The average molecular weight is 277 g/mol. The van der Waals surface area contributed by atoms with Gasteiger partial charge in [-0.25, -0.2) is 4.98 Å². The van der Waals surface area contributed by atoms with E-state index in [1.807, 2.05) is 16.3 Å². The Bertz CT molecular complexity index is 626. The van der Waals surface area contributed by atoms with Gasteiger partial charge in [-0.15, -0.1) is 11.3 Å². The van der Waals surface area contributed by atoms with Crippen molar-refractivity contribution in [1.29, 1.82) is 0 Å². The van der Waals surface area contributed by atoms with Crippen LogP contribution in [0.3, 0.4) is 0 Å². The van der Waals surface area contributed by atoms with Gasteiger partial charge in [0.15, 0.2) is 0 Å². The van der Waals surface area contributed by atoms with Crippen LogP contribution in [0.5, 0.6) is 0 Å². The van der Waals surface area contributed by atoms with Gasteiger partial charge in [-0.2, -0.15) is 4.98 Å². The molecule has 1 fully saturated rings. The number of aromatic nitrogens is 2. The summed E-state index contributed by atoms with van der Waals surface area (Å²) in [5, 5.41) is 2.89. The Kier molecular flexibility index (Phi) is 2.98. The number of fused-ring (bicyclic) bond motifs is 1. The van der Waals surface area contributed by atoms with Crippen molar-refractivity contribution in [3.8, 4) is 0 Å². The van der Waals surface area contributed by atoms with Crippen molar-refractivity contribution in [2.24, 2.45) is 5.73 Å². The fourth-order valence-corrected chi connectivity index (χ4v) is 3.32. The molecule has 0 aliphatic carbocycles. The number of primary amides is 1. The molecule has 2 aromatic rings. The van der Waals surface area contributed by atoms with Crippen LogP contribution in [0.2, 0.25) is 0 Å². The molecule has 0 bridgehead atoms. The number of amides is 1. The predicted octanol–water partition coefficient (Wildman–Crippen LogP) is 1.12. The third-order valence-electron chi connectivity index (χ3n) is 3.43. The summed E-state index contributed by atoms with van der Waals surface area (Å²) >= 11 is 1.52. The summed E-state index contributed by atoms with van der Waals surface area (Å²) in [6, 6.07) is 1.66. The second kappa shape index (κ2) is 4.65. The van der Waals surface area contributed by atoms with Gasteiger partial charge < -0.3 is 16.4 Å². The average Bonchev–Trinajstić information content (AvgIpc) is 2.85. The normalized spacial score (nSPS) is 19.8. The molecule has 1 atom stereocenters. The van der Waals surface area contributed by atoms with Crippen LogP contribution in [0.15, 0.2) is 11.4 Å². The zero-order valence-electron chi connectivity index (χ0n) is 10.4. The first-order valence-electron chi connectivity index (χ1n) is 6.23. The molecule has 1 aliphatic rings. The van der Waals surface area contributed by atoms with Gasteiger partial charge >= 0.3 is 0 Å². The topological polar surface area (TPSA) is 98.1 Å². The lowest BCUT2D eigenvalue weighted by Crippen LogP contribution is -2.48. The van der Waals surface area contributed by atoms with Crippen LogP contribution in [0, 0.1) is 0 Å². The fourth-order valence-electron chi connectivity index (χ4n) is 2.56. The largest absolute Gasteiger partial charge is 0.368 e. The number of rotatable bonds is 2. The van der Waals surface area contributed by atoms with E-state index >= 15 is 0 Å². The first-order valence-corrected chi connectivity index (χ1v) is 7.11. The molecule has 1 unspecified atom stereocenters. The van der Waals surface area contributed by atoms with Crippen LogP contribution in [-0.2, 0) is 4.79 Å². The zero-order chi connectivity index (χ0) is 13.4. The zero-order valence-corrected chi connectivity index (χ0v) is 11.2. The van der Waals surface area contributed by atoms with Crippen molar-refractivity contribution in [2.45, 2.75) is 25.3 Å². The van der Waals surface area contributed by atoms with Crippen molar-refractivity contribution in [1.82, 2.24) is 9.97 Å². The van der Waals surface area contributed by atoms with Gasteiger partial charge in [0, 0.05) is 6.54 Å². The molecule has 4 N–H and O–H groups in total. The number of carbonyl (C=O) groups excluding carboxylic acids is 1. The molecule has 3 heterocycles. The Hall–Kier alpha value is -1.89. The maximum atomic E-state index is 11.6. The lowest BCUT2D eigenvalue weighted by atomic mass is 10.0. The van der Waals surface area contributed by atoms with Gasteiger partial charge in [0.1, 0.15) is 16.7 Å². The second-order valence-corrected chi connectivity index (χ2v) is 5.55. The Morgan fingerprint density at radius 2 is 2.26 bits per heavy atom. The minimum Gasteiger partial charge on any atom is -0.368 e. The van der Waals surface area contributed by atoms with E-state index in [9.17, 15) is 4.79 Å². The van der Waals surface area contributed by atoms with Gasteiger partial charge in [0.25, 0.3) is 0 Å². The maximum absolute atomic E-state index is 11.6. The summed E-state index contributed by atoms with van der Waals surface area (Å²) in [6.07, 6.45) is 2.81. The number of thiophene rings is 1. The molecule has 7 heteroatoms. The van der Waals surface area contributed by atoms with E-state index in [2.05, 4.69) is 9.97 Å². The van der Waals surface area contributed by atoms with E-state index in [-0.39, 0.29) is 17.9 Å². The predicted molar refractivity (Wildman–Crippen MR) is 76.0 cm³/mol. The summed E-state index contributed by atoms with van der Waals surface area (Å²) in [5.41, 5.74) is 11.3. The molecule has 2 aromatic heterocycles. The molecular formula is C12H15N5OS. The smallest absolute Gasteiger partial charge is 0.240 e. The molecule has 0 aromatic carbocycles. The Balaban J connectivity index is 2.11. The van der Waals surface area contributed by atoms with Crippen molar-refractivity contribution >= 4 is 39.2 Å². The van der Waals surface area contributed by atoms with E-state index in [1.165, 1.54) is 11.3 Å². The standard InChI is InChI=1S/C12H15N5OS/c13-9(18)8-3-1-2-5-17(8)10-7-4-6-19-11(7)16-12(14)15-10/h4,6,8H,1-3,5H2,(H2,13,18)(H2,14,15,16). The van der Waals surface area contributed by atoms with Crippen LogP contribution in [-0.4, -0.2) is 28.5 Å². The van der Waals surface area contributed by atoms with E-state index in [4.69, 9.17) is 11.5 Å². The van der Waals surface area contributed by atoms with Gasteiger partial charge in [-0.05, 0) is 30.7 Å². The highest BCUT2D eigenvalue weighted by Crippen LogP contribution is 2.32. The van der Waals surface area contributed by atoms with Gasteiger partial charge in [-0.1, -0.05) is 0 Å². The first-order chi connectivity index (χ1) is 9.16. The molecule has 3 rings (SSSR count). The van der Waals surface area contributed by atoms with Crippen molar-refractivity contribution in [3.63, 3.8) is 0 Å². The maximum Gasteiger partial charge on any atom is 0.240 e. The van der Waals surface area contributed by atoms with E-state index in [0.717, 1.165) is 41.8 Å². The summed E-state index contributed by atoms with van der Waals surface area (Å²) in [7, 11) is 0. The van der Waals surface area contributed by atoms with Crippen molar-refractivity contribution < 1.29 is 4.79 Å². The lowest BCUT2D eigenvalue weighted by molar-refractivity contribution is -0.119. The van der Waals surface area contributed by atoms with E-state index in [1.54, 1.807) is 0 Å². The molecule has 1 aliphatic heterocycles. The number of carbonyl (C=O) groups is 1. The fraction of sp³-hybridized carbons (Fsp3) is 0.417. The SMILES string of the molecule is NC(=O)C1CCCCN1c1nc(N)nc2sccc12. The van der Waals surface area contributed by atoms with Gasteiger partial charge in [0.05, 0.1) is 5.39 Å². The Labute approximate surface area is 114 Å². The minimum atomic E-state index is -0.305. The molecule has 1 amide bonds. The van der Waals surface area contributed by atoms with Crippen LogP contribution in [0.4, 0.5) is 11.8 Å². The van der Waals surface area contributed by atoms with Gasteiger partial charge in [-0.3, -0.25) is 4.79 Å². The van der Waals surface area contributed by atoms with Crippen molar-refractivity contribution in [3.05, 3.63) is 11.4 Å².